The van der Waals surface area contributed by atoms with Gasteiger partial charge in [0.1, 0.15) is 0 Å². The van der Waals surface area contributed by atoms with Crippen molar-refractivity contribution in [2.75, 3.05) is 6.54 Å². The molecule has 0 unspecified atom stereocenters. The Morgan fingerprint density at radius 1 is 1.46 bits per heavy atom. The third-order valence-corrected chi connectivity index (χ3v) is 2.73. The van der Waals surface area contributed by atoms with Crippen LogP contribution in [0.25, 0.3) is 0 Å². The zero-order valence-electron chi connectivity index (χ0n) is 8.67. The van der Waals surface area contributed by atoms with E-state index in [0.717, 1.165) is 13.1 Å². The summed E-state index contributed by atoms with van der Waals surface area (Å²) in [7, 11) is 0. The molecule has 2 nitrogen and oxygen atoms in total. The van der Waals surface area contributed by atoms with Gasteiger partial charge in [-0.3, -0.25) is 0 Å². The Bertz CT molecular complexity index is 293. The normalized spacial score (nSPS) is 22.8. The van der Waals surface area contributed by atoms with Crippen molar-refractivity contribution in [1.82, 2.24) is 9.88 Å². The highest BCUT2D eigenvalue weighted by Gasteiger charge is 2.29. The molecule has 1 aromatic heterocycles. The van der Waals surface area contributed by atoms with Gasteiger partial charge in [-0.1, -0.05) is 20.8 Å². The molecule has 1 N–H and O–H groups in total. The average Bonchev–Trinajstić information content (AvgIpc) is 2.48. The standard InChI is InChI=1S/C11H18N2/c1-11(2,3)10-9-5-4-7-13(9)8-6-12-10/h4-5,7,10,12H,6,8H2,1-3H3/t10-/m0/s1. The molecule has 0 bridgehead atoms. The van der Waals surface area contributed by atoms with E-state index in [2.05, 4.69) is 49.0 Å². The summed E-state index contributed by atoms with van der Waals surface area (Å²) in [5.74, 6) is 0. The molecule has 0 radical (unpaired) electrons. The van der Waals surface area contributed by atoms with Crippen LogP contribution in [-0.4, -0.2) is 11.1 Å². The van der Waals surface area contributed by atoms with Gasteiger partial charge in [0, 0.05) is 25.0 Å². The van der Waals surface area contributed by atoms with Gasteiger partial charge in [0.25, 0.3) is 0 Å². The molecule has 1 aromatic rings. The highest BCUT2D eigenvalue weighted by atomic mass is 15.1. The molecule has 0 saturated heterocycles. The number of fused-ring (bicyclic) bond motifs is 1. The summed E-state index contributed by atoms with van der Waals surface area (Å²) in [6.45, 7) is 9.05. The molecule has 1 atom stereocenters. The highest BCUT2D eigenvalue weighted by Crippen LogP contribution is 2.34. The Morgan fingerprint density at radius 3 is 2.92 bits per heavy atom. The molecule has 1 aliphatic heterocycles. The number of hydrogen-bond acceptors (Lipinski definition) is 1. The van der Waals surface area contributed by atoms with Crippen LogP contribution in [0.15, 0.2) is 18.3 Å². The second kappa shape index (κ2) is 2.88. The predicted octanol–water partition coefficient (Wildman–Crippen LogP) is 2.18. The quantitative estimate of drug-likeness (QED) is 0.644. The minimum atomic E-state index is 0.302. The second-order valence-electron chi connectivity index (χ2n) is 4.88. The molecule has 0 saturated carbocycles. The monoisotopic (exact) mass is 178 g/mol. The lowest BCUT2D eigenvalue weighted by Crippen LogP contribution is -2.39. The van der Waals surface area contributed by atoms with Gasteiger partial charge in [0.15, 0.2) is 0 Å². The second-order valence-corrected chi connectivity index (χ2v) is 4.88. The van der Waals surface area contributed by atoms with Crippen LogP contribution in [0.3, 0.4) is 0 Å². The fourth-order valence-corrected chi connectivity index (χ4v) is 2.08. The van der Waals surface area contributed by atoms with Crippen LogP contribution >= 0.6 is 0 Å². The minimum Gasteiger partial charge on any atom is -0.349 e. The van der Waals surface area contributed by atoms with E-state index in [1.807, 2.05) is 0 Å². The van der Waals surface area contributed by atoms with Gasteiger partial charge in [-0.05, 0) is 17.5 Å². The first-order valence-electron chi connectivity index (χ1n) is 4.97. The summed E-state index contributed by atoms with van der Waals surface area (Å²) in [6, 6.07) is 4.86. The lowest BCUT2D eigenvalue weighted by molar-refractivity contribution is 0.239. The molecule has 72 valence electrons. The van der Waals surface area contributed by atoms with E-state index < -0.39 is 0 Å². The molecule has 2 heterocycles. The summed E-state index contributed by atoms with van der Waals surface area (Å²) in [4.78, 5) is 0. The molecule has 1 aliphatic rings. The summed E-state index contributed by atoms with van der Waals surface area (Å²) in [5.41, 5.74) is 1.73. The van der Waals surface area contributed by atoms with E-state index in [9.17, 15) is 0 Å². The number of hydrogen-bond donors (Lipinski definition) is 1. The van der Waals surface area contributed by atoms with Crippen molar-refractivity contribution < 1.29 is 0 Å². The van der Waals surface area contributed by atoms with E-state index in [0.29, 0.717) is 11.5 Å². The molecule has 0 amide bonds. The maximum atomic E-state index is 3.58. The molecular formula is C11H18N2. The zero-order chi connectivity index (χ0) is 9.47. The van der Waals surface area contributed by atoms with Crippen LogP contribution < -0.4 is 5.32 Å². The van der Waals surface area contributed by atoms with Crippen LogP contribution in [0.5, 0.6) is 0 Å². The Kier molecular flexibility index (Phi) is 1.95. The van der Waals surface area contributed by atoms with E-state index in [-0.39, 0.29) is 0 Å². The van der Waals surface area contributed by atoms with Crippen molar-refractivity contribution in [2.45, 2.75) is 33.4 Å². The number of nitrogens with zero attached hydrogens (tertiary/aromatic N) is 1. The van der Waals surface area contributed by atoms with E-state index >= 15 is 0 Å². The fraction of sp³-hybridized carbons (Fsp3) is 0.636. The average molecular weight is 178 g/mol. The smallest absolute Gasteiger partial charge is 0.0524 e. The Labute approximate surface area is 79.9 Å². The molecule has 2 heteroatoms. The summed E-state index contributed by atoms with van der Waals surface area (Å²) < 4.78 is 2.35. The van der Waals surface area contributed by atoms with Crippen molar-refractivity contribution >= 4 is 0 Å². The fourth-order valence-electron chi connectivity index (χ4n) is 2.08. The van der Waals surface area contributed by atoms with E-state index in [4.69, 9.17) is 0 Å². The molecule has 2 rings (SSSR count). The topological polar surface area (TPSA) is 17.0 Å². The zero-order valence-corrected chi connectivity index (χ0v) is 8.67. The largest absolute Gasteiger partial charge is 0.349 e. The molecule has 0 spiro atoms. The lowest BCUT2D eigenvalue weighted by Gasteiger charge is -2.36. The number of aromatic nitrogens is 1. The first kappa shape index (κ1) is 8.82. The predicted molar refractivity (Wildman–Crippen MR) is 54.6 cm³/mol. The Morgan fingerprint density at radius 2 is 2.23 bits per heavy atom. The van der Waals surface area contributed by atoms with Crippen molar-refractivity contribution in [3.63, 3.8) is 0 Å². The number of nitrogens with one attached hydrogen (secondary N) is 1. The van der Waals surface area contributed by atoms with Gasteiger partial charge >= 0.3 is 0 Å². The van der Waals surface area contributed by atoms with Gasteiger partial charge in [-0.2, -0.15) is 0 Å². The molecule has 0 fully saturated rings. The summed E-state index contributed by atoms with van der Waals surface area (Å²) in [5, 5.41) is 3.58. The SMILES string of the molecule is CC(C)(C)[C@H]1NCCn2cccc21. The van der Waals surface area contributed by atoms with Gasteiger partial charge in [0.05, 0.1) is 6.04 Å². The van der Waals surface area contributed by atoms with Crippen molar-refractivity contribution in [1.29, 1.82) is 0 Å². The maximum absolute atomic E-state index is 3.58. The van der Waals surface area contributed by atoms with Crippen molar-refractivity contribution in [3.05, 3.63) is 24.0 Å². The van der Waals surface area contributed by atoms with Gasteiger partial charge in [-0.15, -0.1) is 0 Å². The van der Waals surface area contributed by atoms with Crippen LogP contribution in [0.2, 0.25) is 0 Å². The maximum Gasteiger partial charge on any atom is 0.0524 e. The molecule has 13 heavy (non-hydrogen) atoms. The minimum absolute atomic E-state index is 0.302. The Balaban J connectivity index is 2.35. The van der Waals surface area contributed by atoms with Crippen LogP contribution in [0.1, 0.15) is 32.5 Å². The third kappa shape index (κ3) is 1.51. The molecular weight excluding hydrogens is 160 g/mol. The van der Waals surface area contributed by atoms with E-state index in [1.54, 1.807) is 0 Å². The third-order valence-electron chi connectivity index (χ3n) is 2.73. The van der Waals surface area contributed by atoms with E-state index in [1.165, 1.54) is 5.69 Å². The first-order valence-corrected chi connectivity index (χ1v) is 4.97. The highest BCUT2D eigenvalue weighted by molar-refractivity contribution is 5.16. The molecule has 0 aliphatic carbocycles. The van der Waals surface area contributed by atoms with Crippen molar-refractivity contribution in [3.8, 4) is 0 Å². The van der Waals surface area contributed by atoms with Gasteiger partial charge < -0.3 is 9.88 Å². The van der Waals surface area contributed by atoms with Gasteiger partial charge in [0.2, 0.25) is 0 Å². The molecule has 0 aromatic carbocycles. The lowest BCUT2D eigenvalue weighted by atomic mass is 9.84. The first-order chi connectivity index (χ1) is 6.09. The van der Waals surface area contributed by atoms with Crippen LogP contribution in [0, 0.1) is 5.41 Å². The summed E-state index contributed by atoms with van der Waals surface area (Å²) >= 11 is 0. The van der Waals surface area contributed by atoms with Crippen LogP contribution in [0.4, 0.5) is 0 Å². The van der Waals surface area contributed by atoms with Gasteiger partial charge in [-0.25, -0.2) is 0 Å². The van der Waals surface area contributed by atoms with Crippen LogP contribution in [-0.2, 0) is 6.54 Å². The van der Waals surface area contributed by atoms with Crippen molar-refractivity contribution in [2.24, 2.45) is 5.41 Å². The Hall–Kier alpha value is -0.760. The number of rotatable bonds is 0. The summed E-state index contributed by atoms with van der Waals surface area (Å²) in [6.07, 6.45) is 2.18.